The number of hydrogen-bond donors (Lipinski definition) is 1. The number of aromatic nitrogens is 1. The van der Waals surface area contributed by atoms with Crippen molar-refractivity contribution in [1.82, 2.24) is 9.88 Å². The minimum Gasteiger partial charge on any atom is -0.464 e. The molecule has 3 rings (SSSR count). The molecular formula is C17H18N2O4. The van der Waals surface area contributed by atoms with Crippen LogP contribution in [0.4, 0.5) is 0 Å². The Morgan fingerprint density at radius 3 is 2.57 bits per heavy atom. The van der Waals surface area contributed by atoms with E-state index < -0.39 is 11.8 Å². The van der Waals surface area contributed by atoms with Crippen LogP contribution in [-0.2, 0) is 4.79 Å². The normalized spacial score (nSPS) is 13.9. The topological polar surface area (TPSA) is 77.4 Å². The van der Waals surface area contributed by atoms with Gasteiger partial charge in [-0.05, 0) is 45.0 Å². The fraction of sp³-hybridized carbons (Fsp3) is 0.294. The molecule has 1 aromatic carbocycles. The van der Waals surface area contributed by atoms with Crippen LogP contribution in [0.2, 0.25) is 0 Å². The third kappa shape index (κ3) is 2.79. The molecule has 0 aliphatic heterocycles. The van der Waals surface area contributed by atoms with Crippen LogP contribution in [0.1, 0.15) is 37.5 Å². The first-order valence-electron chi connectivity index (χ1n) is 7.44. The van der Waals surface area contributed by atoms with E-state index in [0.717, 1.165) is 5.76 Å². The van der Waals surface area contributed by atoms with Gasteiger partial charge in [-0.15, -0.1) is 0 Å². The van der Waals surface area contributed by atoms with Crippen molar-refractivity contribution < 1.29 is 13.6 Å². The van der Waals surface area contributed by atoms with E-state index in [9.17, 15) is 9.59 Å². The lowest BCUT2D eigenvalue weighted by atomic mass is 10.2. The molecule has 23 heavy (non-hydrogen) atoms. The highest BCUT2D eigenvalue weighted by Gasteiger charge is 2.23. The average molecular weight is 314 g/mol. The minimum atomic E-state index is -0.690. The first-order valence-corrected chi connectivity index (χ1v) is 7.44. The number of benzene rings is 1. The van der Waals surface area contributed by atoms with Crippen LogP contribution in [0.3, 0.4) is 0 Å². The Hall–Kier alpha value is -2.76. The summed E-state index contributed by atoms with van der Waals surface area (Å²) in [5.74, 6) is 0.634. The number of hydrogen-bond acceptors (Lipinski definition) is 4. The predicted octanol–water partition coefficient (Wildman–Crippen LogP) is 2.93. The van der Waals surface area contributed by atoms with Crippen LogP contribution < -0.4 is 11.1 Å². The molecule has 3 aromatic rings. The molecule has 1 N–H and O–H groups in total. The molecule has 0 spiro atoms. The van der Waals surface area contributed by atoms with Crippen LogP contribution >= 0.6 is 0 Å². The average Bonchev–Trinajstić information content (AvgIpc) is 3.09. The number of furan rings is 1. The van der Waals surface area contributed by atoms with E-state index >= 15 is 0 Å². The fourth-order valence-electron chi connectivity index (χ4n) is 2.56. The summed E-state index contributed by atoms with van der Waals surface area (Å²) in [6.45, 7) is 5.34. The maximum atomic E-state index is 12.5. The zero-order valence-corrected chi connectivity index (χ0v) is 13.2. The van der Waals surface area contributed by atoms with Gasteiger partial charge in [0, 0.05) is 0 Å². The fourth-order valence-corrected chi connectivity index (χ4v) is 2.56. The highest BCUT2D eigenvalue weighted by molar-refractivity contribution is 5.83. The second-order valence-electron chi connectivity index (χ2n) is 5.56. The van der Waals surface area contributed by atoms with Crippen molar-refractivity contribution in [2.75, 3.05) is 0 Å². The van der Waals surface area contributed by atoms with Crippen molar-refractivity contribution in [2.24, 2.45) is 0 Å². The van der Waals surface area contributed by atoms with Gasteiger partial charge in [0.1, 0.15) is 17.6 Å². The van der Waals surface area contributed by atoms with E-state index in [1.54, 1.807) is 31.2 Å². The molecule has 6 heteroatoms. The molecule has 2 aromatic heterocycles. The van der Waals surface area contributed by atoms with Gasteiger partial charge in [0.25, 0.3) is 0 Å². The Bertz CT molecular complexity index is 903. The maximum Gasteiger partial charge on any atom is 0.420 e. The van der Waals surface area contributed by atoms with Crippen molar-refractivity contribution in [3.05, 3.63) is 58.5 Å². The molecule has 2 heterocycles. The van der Waals surface area contributed by atoms with E-state index in [2.05, 4.69) is 5.32 Å². The highest BCUT2D eigenvalue weighted by atomic mass is 16.4. The monoisotopic (exact) mass is 314 g/mol. The molecule has 2 atom stereocenters. The van der Waals surface area contributed by atoms with Crippen LogP contribution in [0.15, 0.2) is 50.0 Å². The summed E-state index contributed by atoms with van der Waals surface area (Å²) < 4.78 is 12.0. The lowest BCUT2D eigenvalue weighted by Crippen LogP contribution is -2.35. The molecule has 0 fully saturated rings. The maximum absolute atomic E-state index is 12.5. The quantitative estimate of drug-likeness (QED) is 0.803. The number of rotatable bonds is 4. The van der Waals surface area contributed by atoms with Gasteiger partial charge in [0.05, 0.1) is 11.6 Å². The Labute approximate surface area is 132 Å². The lowest BCUT2D eigenvalue weighted by molar-refractivity contribution is -0.124. The first-order chi connectivity index (χ1) is 11.0. The van der Waals surface area contributed by atoms with E-state index in [1.165, 1.54) is 4.57 Å². The van der Waals surface area contributed by atoms with Gasteiger partial charge >= 0.3 is 5.76 Å². The number of carbonyl (C=O) groups excluding carboxylic acids is 1. The van der Waals surface area contributed by atoms with Crippen LogP contribution in [0.5, 0.6) is 0 Å². The number of nitrogens with one attached hydrogen (secondary N) is 1. The summed E-state index contributed by atoms with van der Waals surface area (Å²) in [5.41, 5.74) is 1.06. The summed E-state index contributed by atoms with van der Waals surface area (Å²) in [6.07, 6.45) is 0. The standard InChI is InChI=1S/C17H18N2O4/c1-10-8-9-14(22-10)11(2)18-16(20)12(3)19-13-6-4-5-7-15(13)23-17(19)21/h4-9,11-12H,1-3H3,(H,18,20). The zero-order chi connectivity index (χ0) is 16.6. The van der Waals surface area contributed by atoms with Crippen LogP contribution in [0, 0.1) is 6.92 Å². The molecule has 2 unspecified atom stereocenters. The molecule has 0 saturated heterocycles. The predicted molar refractivity (Wildman–Crippen MR) is 85.2 cm³/mol. The Morgan fingerprint density at radius 1 is 1.13 bits per heavy atom. The molecule has 0 radical (unpaired) electrons. The van der Waals surface area contributed by atoms with Crippen molar-refractivity contribution >= 4 is 17.0 Å². The SMILES string of the molecule is Cc1ccc(C(C)NC(=O)C(C)n2c(=O)oc3ccccc32)o1. The van der Waals surface area contributed by atoms with E-state index in [1.807, 2.05) is 26.0 Å². The van der Waals surface area contributed by atoms with Gasteiger partial charge in [-0.25, -0.2) is 4.79 Å². The van der Waals surface area contributed by atoms with Crippen LogP contribution in [-0.4, -0.2) is 10.5 Å². The number of fused-ring (bicyclic) bond motifs is 1. The number of amides is 1. The summed E-state index contributed by atoms with van der Waals surface area (Å²) in [7, 11) is 0. The van der Waals surface area contributed by atoms with Gasteiger partial charge in [0.2, 0.25) is 5.91 Å². The Kier molecular flexibility index (Phi) is 3.82. The number of carbonyl (C=O) groups is 1. The Morgan fingerprint density at radius 2 is 1.87 bits per heavy atom. The molecule has 120 valence electrons. The smallest absolute Gasteiger partial charge is 0.420 e. The highest BCUT2D eigenvalue weighted by Crippen LogP contribution is 2.19. The number of aryl methyl sites for hydroxylation is 1. The van der Waals surface area contributed by atoms with E-state index in [4.69, 9.17) is 8.83 Å². The Balaban J connectivity index is 1.84. The van der Waals surface area contributed by atoms with Crippen molar-refractivity contribution in [3.63, 3.8) is 0 Å². The van der Waals surface area contributed by atoms with Crippen molar-refractivity contribution in [2.45, 2.75) is 32.9 Å². The second kappa shape index (κ2) is 5.79. The summed E-state index contributed by atoms with van der Waals surface area (Å²) in [4.78, 5) is 24.5. The summed E-state index contributed by atoms with van der Waals surface area (Å²) in [5, 5.41) is 2.86. The van der Waals surface area contributed by atoms with Gasteiger partial charge in [-0.3, -0.25) is 9.36 Å². The zero-order valence-electron chi connectivity index (χ0n) is 13.2. The van der Waals surface area contributed by atoms with Gasteiger partial charge in [-0.2, -0.15) is 0 Å². The van der Waals surface area contributed by atoms with E-state index in [0.29, 0.717) is 16.9 Å². The molecule has 6 nitrogen and oxygen atoms in total. The van der Waals surface area contributed by atoms with Crippen LogP contribution in [0.25, 0.3) is 11.1 Å². The molecule has 0 aliphatic rings. The third-order valence-corrected chi connectivity index (χ3v) is 3.83. The number of para-hydroxylation sites is 2. The summed E-state index contributed by atoms with van der Waals surface area (Å²) in [6, 6.07) is 9.72. The lowest BCUT2D eigenvalue weighted by Gasteiger charge is -2.16. The van der Waals surface area contributed by atoms with Gasteiger partial charge in [-0.1, -0.05) is 12.1 Å². The van der Waals surface area contributed by atoms with Gasteiger partial charge in [0.15, 0.2) is 5.58 Å². The van der Waals surface area contributed by atoms with E-state index in [-0.39, 0.29) is 11.9 Å². The summed E-state index contributed by atoms with van der Waals surface area (Å²) >= 11 is 0. The number of nitrogens with zero attached hydrogens (tertiary/aromatic N) is 1. The molecule has 0 saturated carbocycles. The molecule has 0 bridgehead atoms. The van der Waals surface area contributed by atoms with Gasteiger partial charge < -0.3 is 14.2 Å². The second-order valence-corrected chi connectivity index (χ2v) is 5.56. The molecular weight excluding hydrogens is 296 g/mol. The molecule has 1 amide bonds. The first kappa shape index (κ1) is 15.1. The van der Waals surface area contributed by atoms with Crippen molar-refractivity contribution in [1.29, 1.82) is 0 Å². The molecule has 0 aliphatic carbocycles. The minimum absolute atomic E-state index is 0.278. The number of oxazole rings is 1. The van der Waals surface area contributed by atoms with Crippen molar-refractivity contribution in [3.8, 4) is 0 Å². The third-order valence-electron chi connectivity index (χ3n) is 3.83. The largest absolute Gasteiger partial charge is 0.464 e.